The number of nitrogens with zero attached hydrogens (tertiary/aromatic N) is 1. The molecular weight excluding hydrogens is 426 g/mol. The van der Waals surface area contributed by atoms with Crippen molar-refractivity contribution in [3.63, 3.8) is 0 Å². The summed E-state index contributed by atoms with van der Waals surface area (Å²) >= 11 is 6.03. The molecule has 0 saturated carbocycles. The van der Waals surface area contributed by atoms with Crippen LogP contribution in [0.25, 0.3) is 0 Å². The van der Waals surface area contributed by atoms with Crippen molar-refractivity contribution in [2.45, 2.75) is 4.90 Å². The molecular formula is C21H18ClN3O4S. The third-order valence-corrected chi connectivity index (χ3v) is 5.75. The minimum Gasteiger partial charge on any atom is -0.497 e. The van der Waals surface area contributed by atoms with Crippen molar-refractivity contribution in [3.8, 4) is 5.75 Å². The molecule has 0 atom stereocenters. The number of hydrogen-bond donors (Lipinski definition) is 2. The Morgan fingerprint density at radius 1 is 1.03 bits per heavy atom. The number of amides is 1. The predicted molar refractivity (Wildman–Crippen MR) is 117 cm³/mol. The van der Waals surface area contributed by atoms with Gasteiger partial charge in [0.2, 0.25) is 0 Å². The fraction of sp³-hybridized carbons (Fsp3) is 0.0476. The monoisotopic (exact) mass is 443 g/mol. The van der Waals surface area contributed by atoms with Crippen molar-refractivity contribution in [2.24, 2.45) is 5.10 Å². The van der Waals surface area contributed by atoms with Gasteiger partial charge >= 0.3 is 0 Å². The number of hydrogen-bond acceptors (Lipinski definition) is 5. The van der Waals surface area contributed by atoms with Crippen LogP contribution in [0.2, 0.25) is 5.02 Å². The summed E-state index contributed by atoms with van der Waals surface area (Å²) in [5.41, 5.74) is 3.51. The van der Waals surface area contributed by atoms with E-state index in [1.54, 1.807) is 48.5 Å². The summed E-state index contributed by atoms with van der Waals surface area (Å²) in [6, 6.07) is 19.1. The Kier molecular flexibility index (Phi) is 6.71. The van der Waals surface area contributed by atoms with Gasteiger partial charge in [0.15, 0.2) is 0 Å². The molecule has 30 heavy (non-hydrogen) atoms. The van der Waals surface area contributed by atoms with E-state index in [0.717, 1.165) is 0 Å². The summed E-state index contributed by atoms with van der Waals surface area (Å²) < 4.78 is 32.8. The third-order valence-electron chi connectivity index (χ3n) is 4.02. The molecule has 0 aromatic heterocycles. The molecule has 0 spiro atoms. The van der Waals surface area contributed by atoms with Gasteiger partial charge in [0.25, 0.3) is 15.9 Å². The topological polar surface area (TPSA) is 96.9 Å². The van der Waals surface area contributed by atoms with Crippen LogP contribution >= 0.6 is 11.6 Å². The molecule has 0 heterocycles. The van der Waals surface area contributed by atoms with E-state index < -0.39 is 15.9 Å². The second-order valence-corrected chi connectivity index (χ2v) is 8.17. The van der Waals surface area contributed by atoms with Gasteiger partial charge in [-0.2, -0.15) is 5.10 Å². The number of nitrogens with one attached hydrogen (secondary N) is 2. The molecule has 0 unspecified atom stereocenters. The van der Waals surface area contributed by atoms with Crippen molar-refractivity contribution in [2.75, 3.05) is 11.8 Å². The number of carbonyl (C=O) groups is 1. The first-order valence-corrected chi connectivity index (χ1v) is 10.6. The van der Waals surface area contributed by atoms with Gasteiger partial charge in [-0.3, -0.25) is 9.52 Å². The number of hydrazone groups is 1. The molecule has 0 aliphatic carbocycles. The maximum atomic E-state index is 12.6. The molecule has 0 saturated heterocycles. The van der Waals surface area contributed by atoms with E-state index >= 15 is 0 Å². The summed E-state index contributed by atoms with van der Waals surface area (Å²) in [4.78, 5) is 12.3. The first-order chi connectivity index (χ1) is 14.4. The summed E-state index contributed by atoms with van der Waals surface area (Å²) in [5.74, 6) is 0.0498. The molecule has 3 aromatic rings. The predicted octanol–water partition coefficient (Wildman–Crippen LogP) is 3.91. The van der Waals surface area contributed by atoms with Crippen molar-refractivity contribution < 1.29 is 17.9 Å². The summed E-state index contributed by atoms with van der Waals surface area (Å²) in [6.07, 6.45) is 1.41. The van der Waals surface area contributed by atoms with E-state index in [2.05, 4.69) is 15.2 Å². The summed E-state index contributed by atoms with van der Waals surface area (Å²) in [5, 5.41) is 4.36. The molecule has 9 heteroatoms. The highest BCUT2D eigenvalue weighted by Gasteiger charge is 2.16. The van der Waals surface area contributed by atoms with Crippen molar-refractivity contribution in [1.82, 2.24) is 5.43 Å². The van der Waals surface area contributed by atoms with E-state index in [4.69, 9.17) is 16.3 Å². The van der Waals surface area contributed by atoms with Crippen molar-refractivity contribution in [3.05, 3.63) is 88.9 Å². The van der Waals surface area contributed by atoms with Crippen LogP contribution < -0.4 is 14.9 Å². The van der Waals surface area contributed by atoms with E-state index in [-0.39, 0.29) is 10.5 Å². The Balaban J connectivity index is 1.72. The minimum atomic E-state index is -3.88. The van der Waals surface area contributed by atoms with Crippen molar-refractivity contribution in [1.29, 1.82) is 0 Å². The number of anilines is 1. The maximum absolute atomic E-state index is 12.6. The van der Waals surface area contributed by atoms with E-state index in [0.29, 0.717) is 22.0 Å². The van der Waals surface area contributed by atoms with Crippen LogP contribution in [-0.4, -0.2) is 27.6 Å². The number of benzene rings is 3. The lowest BCUT2D eigenvalue weighted by Crippen LogP contribution is -2.19. The van der Waals surface area contributed by atoms with Gasteiger partial charge in [-0.25, -0.2) is 13.8 Å². The molecule has 7 nitrogen and oxygen atoms in total. The summed E-state index contributed by atoms with van der Waals surface area (Å²) in [6.45, 7) is 0. The van der Waals surface area contributed by atoms with Crippen LogP contribution in [0.15, 0.2) is 82.8 Å². The molecule has 3 aromatic carbocycles. The minimum absolute atomic E-state index is 0.0546. The van der Waals surface area contributed by atoms with Crippen molar-refractivity contribution >= 4 is 39.4 Å². The number of sulfonamides is 1. The Bertz CT molecular complexity index is 1180. The highest BCUT2D eigenvalue weighted by Crippen LogP contribution is 2.20. The lowest BCUT2D eigenvalue weighted by molar-refractivity contribution is 0.0955. The second kappa shape index (κ2) is 9.43. The lowest BCUT2D eigenvalue weighted by atomic mass is 10.2. The van der Waals surface area contributed by atoms with Crippen LogP contribution in [0.1, 0.15) is 15.9 Å². The van der Waals surface area contributed by atoms with Crippen LogP contribution in [-0.2, 0) is 10.0 Å². The Morgan fingerprint density at radius 2 is 1.77 bits per heavy atom. The fourth-order valence-corrected chi connectivity index (χ4v) is 3.77. The Morgan fingerprint density at radius 3 is 2.47 bits per heavy atom. The van der Waals surface area contributed by atoms with Crippen LogP contribution in [0, 0.1) is 0 Å². The molecule has 0 bridgehead atoms. The molecule has 2 N–H and O–H groups in total. The first-order valence-electron chi connectivity index (χ1n) is 8.74. The average molecular weight is 444 g/mol. The van der Waals surface area contributed by atoms with Gasteiger partial charge in [0.05, 0.1) is 18.2 Å². The average Bonchev–Trinajstić information content (AvgIpc) is 2.75. The van der Waals surface area contributed by atoms with Gasteiger partial charge in [0.1, 0.15) is 5.75 Å². The van der Waals surface area contributed by atoms with Gasteiger partial charge in [-0.05, 0) is 48.5 Å². The largest absolute Gasteiger partial charge is 0.497 e. The SMILES string of the molecule is COc1ccc(NS(=O)(=O)c2cccc(C(=O)N/N=C\c3ccccc3Cl)c2)cc1. The van der Waals surface area contributed by atoms with Crippen LogP contribution in [0.4, 0.5) is 5.69 Å². The highest BCUT2D eigenvalue weighted by atomic mass is 35.5. The zero-order chi connectivity index (χ0) is 21.6. The zero-order valence-corrected chi connectivity index (χ0v) is 17.4. The highest BCUT2D eigenvalue weighted by molar-refractivity contribution is 7.92. The number of halogens is 1. The maximum Gasteiger partial charge on any atom is 0.271 e. The molecule has 0 radical (unpaired) electrons. The van der Waals surface area contributed by atoms with E-state index in [9.17, 15) is 13.2 Å². The van der Waals surface area contributed by atoms with Gasteiger partial charge in [0, 0.05) is 21.8 Å². The Labute approximate surface area is 179 Å². The first kappa shape index (κ1) is 21.4. The second-order valence-electron chi connectivity index (χ2n) is 6.08. The number of carbonyl (C=O) groups excluding carboxylic acids is 1. The molecule has 0 fully saturated rings. The third kappa shape index (κ3) is 5.37. The molecule has 154 valence electrons. The summed E-state index contributed by atoms with van der Waals surface area (Å²) in [7, 11) is -2.36. The zero-order valence-electron chi connectivity index (χ0n) is 15.9. The van der Waals surface area contributed by atoms with E-state index in [1.807, 2.05) is 0 Å². The Hall–Kier alpha value is -3.36. The van der Waals surface area contributed by atoms with Gasteiger partial charge < -0.3 is 4.74 Å². The van der Waals surface area contributed by atoms with Gasteiger partial charge in [-0.15, -0.1) is 0 Å². The van der Waals surface area contributed by atoms with Crippen LogP contribution in [0.5, 0.6) is 5.75 Å². The normalized spacial score (nSPS) is 11.3. The fourth-order valence-electron chi connectivity index (χ4n) is 2.48. The number of ether oxygens (including phenoxy) is 1. The standard InChI is InChI=1S/C21H18ClN3O4S/c1-29-18-11-9-17(10-12-18)25-30(27,28)19-7-4-6-15(13-19)21(26)24-23-14-16-5-2-3-8-20(16)22/h2-14,25H,1H3,(H,24,26)/b23-14-. The van der Waals surface area contributed by atoms with E-state index in [1.165, 1.54) is 37.6 Å². The van der Waals surface area contributed by atoms with Crippen LogP contribution in [0.3, 0.4) is 0 Å². The van der Waals surface area contributed by atoms with Gasteiger partial charge in [-0.1, -0.05) is 35.9 Å². The molecule has 1 amide bonds. The number of rotatable bonds is 7. The number of methoxy groups -OCH3 is 1. The smallest absolute Gasteiger partial charge is 0.271 e. The molecule has 0 aliphatic heterocycles. The molecule has 0 aliphatic rings. The molecule has 3 rings (SSSR count). The lowest BCUT2D eigenvalue weighted by Gasteiger charge is -2.10. The quantitative estimate of drug-likeness (QED) is 0.427.